The van der Waals surface area contributed by atoms with E-state index >= 15 is 0 Å². The molecule has 0 radical (unpaired) electrons. The number of carbonyl (C=O) groups is 1. The van der Waals surface area contributed by atoms with Gasteiger partial charge in [0.25, 0.3) is 19.3 Å². The fourth-order valence-corrected chi connectivity index (χ4v) is 11.8. The molecule has 4 heterocycles. The van der Waals surface area contributed by atoms with E-state index in [9.17, 15) is 23.3 Å². The van der Waals surface area contributed by atoms with Crippen LogP contribution in [-0.4, -0.2) is 131 Å². The molecule has 2 unspecified atom stereocenters. The molecule has 2 aromatic heterocycles. The van der Waals surface area contributed by atoms with Crippen LogP contribution in [0.2, 0.25) is 0 Å². The zero-order valence-electron chi connectivity index (χ0n) is 41.0. The number of aromatic amines is 1. The van der Waals surface area contributed by atoms with Gasteiger partial charge in [0.1, 0.15) is 29.3 Å². The van der Waals surface area contributed by atoms with Gasteiger partial charge in [-0.15, -0.1) is 0 Å². The number of sulfone groups is 1. The van der Waals surface area contributed by atoms with Crippen molar-refractivity contribution in [3.63, 3.8) is 0 Å². The van der Waals surface area contributed by atoms with Crippen molar-refractivity contribution >= 4 is 58.8 Å². The molecule has 5 aromatic rings. The van der Waals surface area contributed by atoms with Crippen LogP contribution in [-0.2, 0) is 43.5 Å². The van der Waals surface area contributed by atoms with Gasteiger partial charge >= 0.3 is 0 Å². The molecule has 380 valence electrons. The highest BCUT2D eigenvalue weighted by Crippen LogP contribution is 2.52. The number of amides is 1. The molecule has 22 heteroatoms. The lowest BCUT2D eigenvalue weighted by molar-refractivity contribution is -0.118. The van der Waals surface area contributed by atoms with Gasteiger partial charge in [0.05, 0.1) is 57.8 Å². The number of H-pyrrole nitrogens is 1. The number of hydrogen-bond acceptors (Lipinski definition) is 16. The number of nitrogens with one attached hydrogen (secondary N) is 2. The minimum atomic E-state index is -3.30. The number of hydrogen-bond donors (Lipinski definition) is 2. The van der Waals surface area contributed by atoms with Crippen molar-refractivity contribution in [3.05, 3.63) is 112 Å². The normalized spacial score (nSPS) is 19.6. The number of aromatic nitrogens is 4. The van der Waals surface area contributed by atoms with E-state index in [1.165, 1.54) is 10.9 Å². The Bertz CT molecular complexity index is 2760. The van der Waals surface area contributed by atoms with Crippen LogP contribution in [0, 0.1) is 17.2 Å². The smallest absolute Gasteiger partial charge is 0.280 e. The van der Waals surface area contributed by atoms with Crippen LogP contribution in [0.5, 0.6) is 11.5 Å². The molecule has 3 aromatic carbocycles. The molecule has 1 amide bonds. The molecule has 19 nitrogen and oxygen atoms in total. The van der Waals surface area contributed by atoms with E-state index in [2.05, 4.69) is 31.0 Å². The van der Waals surface area contributed by atoms with E-state index in [-0.39, 0.29) is 84.5 Å². The van der Waals surface area contributed by atoms with Crippen LogP contribution in [0.15, 0.2) is 90.0 Å². The van der Waals surface area contributed by atoms with Gasteiger partial charge in [0.15, 0.2) is 33.3 Å². The Morgan fingerprint density at radius 1 is 0.944 bits per heavy atom. The monoisotopic (exact) mass is 1030 g/mol. The summed E-state index contributed by atoms with van der Waals surface area (Å²) in [6, 6.07) is 26.9. The van der Waals surface area contributed by atoms with Crippen molar-refractivity contribution in [1.82, 2.24) is 29.1 Å². The number of methoxy groups -OCH3 is 2. The first-order valence-corrected chi connectivity index (χ1v) is 26.7. The number of fused-ring (bicyclic) bond motifs is 1. The van der Waals surface area contributed by atoms with Gasteiger partial charge in [-0.05, 0) is 80.9 Å². The molecule has 5 atom stereocenters. The van der Waals surface area contributed by atoms with Crippen LogP contribution in [0.3, 0.4) is 0 Å². The average Bonchev–Trinajstić information content (AvgIpc) is 3.92. The van der Waals surface area contributed by atoms with Crippen LogP contribution >= 0.6 is 20.7 Å². The second kappa shape index (κ2) is 23.3. The van der Waals surface area contributed by atoms with Crippen LogP contribution in [0.4, 0.5) is 5.95 Å². The maximum absolute atomic E-state index is 13.6. The summed E-state index contributed by atoms with van der Waals surface area (Å²) >= 11 is 5.99. The van der Waals surface area contributed by atoms with Crippen molar-refractivity contribution in [3.8, 4) is 17.6 Å². The van der Waals surface area contributed by atoms with Crippen molar-refractivity contribution in [2.45, 2.75) is 90.2 Å². The SMILES string of the molecule is COc1ccc(C(OC[C@H]2O[C@@H](n3cnc4c(=O)[nH]c(NC(=O)C(C)C)nc43)C(OC(=S)N3CCS(=O)(=O)CC3)[C@H]2OP(OCCC#N)N(C(C)C)C(C)C)(c2ccccc2)c2ccc(OC)cc2)cc1. The lowest BCUT2D eigenvalue weighted by Crippen LogP contribution is -2.48. The minimum absolute atomic E-state index is 0.0109. The van der Waals surface area contributed by atoms with Crippen LogP contribution < -0.4 is 20.3 Å². The highest BCUT2D eigenvalue weighted by Gasteiger charge is 2.53. The average molecular weight is 1030 g/mol. The van der Waals surface area contributed by atoms with E-state index < -0.39 is 60.0 Å². The third kappa shape index (κ3) is 12.0. The largest absolute Gasteiger partial charge is 0.497 e. The zero-order chi connectivity index (χ0) is 51.0. The van der Waals surface area contributed by atoms with Crippen LogP contribution in [0.1, 0.15) is 70.9 Å². The highest BCUT2D eigenvalue weighted by atomic mass is 32.2. The Kier molecular flexibility index (Phi) is 17.5. The van der Waals surface area contributed by atoms with E-state index in [1.807, 2.05) is 107 Å². The van der Waals surface area contributed by atoms with Gasteiger partial charge in [0.2, 0.25) is 11.9 Å². The van der Waals surface area contributed by atoms with Crippen molar-refractivity contribution < 1.29 is 45.9 Å². The summed E-state index contributed by atoms with van der Waals surface area (Å²) in [7, 11) is -2.10. The van der Waals surface area contributed by atoms with Gasteiger partial charge in [0, 0.05) is 31.1 Å². The summed E-state index contributed by atoms with van der Waals surface area (Å²) in [5.74, 6) is 0.101. The molecule has 2 saturated heterocycles. The molecular formula is C49H61N8O11PS2. The maximum Gasteiger partial charge on any atom is 0.280 e. The number of rotatable bonds is 20. The molecule has 71 heavy (non-hydrogen) atoms. The van der Waals surface area contributed by atoms with E-state index in [0.717, 1.165) is 16.7 Å². The molecule has 2 N–H and O–H groups in total. The molecule has 0 saturated carbocycles. The molecule has 2 aliphatic rings. The molecule has 7 rings (SSSR count). The Morgan fingerprint density at radius 3 is 2.08 bits per heavy atom. The number of thiocarbonyl (C=S) groups is 1. The number of benzene rings is 3. The molecule has 2 fully saturated rings. The molecule has 2 aliphatic heterocycles. The van der Waals surface area contributed by atoms with Crippen molar-refractivity contribution in [2.24, 2.45) is 5.92 Å². The fourth-order valence-electron chi connectivity index (χ4n) is 8.52. The lowest BCUT2D eigenvalue weighted by atomic mass is 9.80. The Labute approximate surface area is 420 Å². The van der Waals surface area contributed by atoms with Gasteiger partial charge in [-0.3, -0.25) is 24.5 Å². The number of anilines is 1. The second-order valence-corrected chi connectivity index (χ2v) is 21.9. The van der Waals surface area contributed by atoms with Crippen molar-refractivity contribution in [2.75, 3.05) is 57.3 Å². The Balaban J connectivity index is 1.42. The molecule has 0 aliphatic carbocycles. The van der Waals surface area contributed by atoms with Gasteiger partial charge in [-0.25, -0.2) is 18.1 Å². The predicted molar refractivity (Wildman–Crippen MR) is 272 cm³/mol. The zero-order valence-corrected chi connectivity index (χ0v) is 43.5. The summed E-state index contributed by atoms with van der Waals surface area (Å²) < 4.78 is 75.1. The summed E-state index contributed by atoms with van der Waals surface area (Å²) in [4.78, 5) is 39.9. The predicted octanol–water partition coefficient (Wildman–Crippen LogP) is 6.70. The van der Waals surface area contributed by atoms with Crippen LogP contribution in [0.25, 0.3) is 11.2 Å². The molecular weight excluding hydrogens is 972 g/mol. The third-order valence-electron chi connectivity index (χ3n) is 12.1. The summed E-state index contributed by atoms with van der Waals surface area (Å²) in [5.41, 5.74) is 0.358. The quantitative estimate of drug-likeness (QED) is 0.0358. The number of ether oxygens (including phenoxy) is 5. The van der Waals surface area contributed by atoms with E-state index in [0.29, 0.717) is 11.5 Å². The number of nitriles is 1. The molecule has 0 spiro atoms. The highest BCUT2D eigenvalue weighted by molar-refractivity contribution is 7.91. The number of imidazole rings is 1. The first-order valence-electron chi connectivity index (χ1n) is 23.3. The second-order valence-electron chi connectivity index (χ2n) is 17.9. The van der Waals surface area contributed by atoms with Gasteiger partial charge < -0.3 is 37.6 Å². The van der Waals surface area contributed by atoms with Crippen molar-refractivity contribution in [1.29, 1.82) is 5.26 Å². The first-order chi connectivity index (χ1) is 34.0. The lowest BCUT2D eigenvalue weighted by Gasteiger charge is -2.39. The minimum Gasteiger partial charge on any atom is -0.497 e. The first kappa shape index (κ1) is 53.2. The third-order valence-corrected chi connectivity index (χ3v) is 16.2. The van der Waals surface area contributed by atoms with E-state index in [1.54, 1.807) is 33.0 Å². The summed E-state index contributed by atoms with van der Waals surface area (Å²) in [6.45, 7) is 11.5. The summed E-state index contributed by atoms with van der Waals surface area (Å²) in [6.07, 6.45) is -3.03. The standard InChI is InChI=1S/C49H61N8O11PS2/c1-31(2)44(58)53-47-52-43-40(45(59)54-47)51-30-56(43)46-42(67-48(70)55-24-27-71(60,61)28-25-55)41(68-69(65-26-12-23-50)57(32(3)4)33(5)6)39(66-46)29-64-49(34-13-10-9-11-14-34,35-15-19-37(62-7)20-16-35)36-17-21-38(63-8)22-18-36/h9-11,13-22,30-33,39,41-42,46H,12,24-29H2,1-8H3,(H2,52,53,54,58,59)/t39-,41+,42?,46-,69?/m1/s1. The van der Waals surface area contributed by atoms with Gasteiger partial charge in [-0.1, -0.05) is 68.4 Å². The fraction of sp³-hybridized carbons (Fsp3) is 0.469. The molecule has 0 bridgehead atoms. The Morgan fingerprint density at radius 2 is 1.54 bits per heavy atom. The summed E-state index contributed by atoms with van der Waals surface area (Å²) in [5, 5.41) is 12.3. The number of carbonyl (C=O) groups excluding carboxylic acids is 1. The van der Waals surface area contributed by atoms with E-state index in [4.69, 9.17) is 44.9 Å². The maximum atomic E-state index is 13.6. The topological polar surface area (TPSA) is 222 Å². The Hall–Kier alpha value is -5.56. The number of nitrogens with zero attached hydrogens (tertiary/aromatic N) is 6. The van der Waals surface area contributed by atoms with Gasteiger partial charge in [-0.2, -0.15) is 10.2 Å².